The van der Waals surface area contributed by atoms with Crippen LogP contribution in [0.2, 0.25) is 0 Å². The van der Waals surface area contributed by atoms with E-state index in [0.29, 0.717) is 36.6 Å². The Kier molecular flexibility index (Phi) is 4.95. The van der Waals surface area contributed by atoms with Crippen LogP contribution in [0.1, 0.15) is 63.3 Å². The van der Waals surface area contributed by atoms with Crippen LogP contribution in [-0.4, -0.2) is 56.4 Å². The number of β-amino-alcohol motifs (C(OH)–C–C–N with tert-alkyl or cyclic N) is 1. The number of piperidine rings is 1. The third-order valence-electron chi connectivity index (χ3n) is 7.40. The van der Waals surface area contributed by atoms with Gasteiger partial charge in [-0.15, -0.1) is 4.31 Å². The summed E-state index contributed by atoms with van der Waals surface area (Å²) in [5.41, 5.74) is 2.70. The summed E-state index contributed by atoms with van der Waals surface area (Å²) in [4.78, 5) is 8.36. The molecule has 1 aromatic heterocycles. The number of pyridine rings is 1. The zero-order valence-corrected chi connectivity index (χ0v) is 19.7. The summed E-state index contributed by atoms with van der Waals surface area (Å²) in [5.74, 6) is 1.69. The number of aromatic nitrogens is 1. The first kappa shape index (κ1) is 21.0. The molecule has 4 aliphatic rings. The molecule has 4 unspecified atom stereocenters. The highest BCUT2D eigenvalue weighted by atomic mass is 32.2. The van der Waals surface area contributed by atoms with E-state index in [1.807, 2.05) is 4.31 Å². The summed E-state index contributed by atoms with van der Waals surface area (Å²) in [7, 11) is 0. The van der Waals surface area contributed by atoms with Gasteiger partial charge < -0.3 is 19.3 Å². The second-order valence-corrected chi connectivity index (χ2v) is 12.4. The number of rotatable bonds is 6. The summed E-state index contributed by atoms with van der Waals surface area (Å²) in [6.45, 7) is 12.8. The van der Waals surface area contributed by atoms with Gasteiger partial charge in [0.2, 0.25) is 0 Å². The first-order valence-corrected chi connectivity index (χ1v) is 12.4. The molecule has 30 heavy (non-hydrogen) atoms. The van der Waals surface area contributed by atoms with Crippen LogP contribution in [0.15, 0.2) is 4.90 Å². The van der Waals surface area contributed by atoms with E-state index in [4.69, 9.17) is 9.72 Å². The lowest BCUT2D eigenvalue weighted by atomic mass is 10.0. The Bertz CT molecular complexity index is 851. The summed E-state index contributed by atoms with van der Waals surface area (Å²) >= 11 is -1.25. The van der Waals surface area contributed by atoms with Crippen molar-refractivity contribution in [2.45, 2.75) is 89.5 Å². The number of anilines is 1. The van der Waals surface area contributed by atoms with E-state index < -0.39 is 17.0 Å². The molecule has 3 heterocycles. The summed E-state index contributed by atoms with van der Waals surface area (Å²) in [6.07, 6.45) is 5.27. The largest absolute Gasteiger partial charge is 0.593 e. The van der Waals surface area contributed by atoms with Crippen LogP contribution in [0, 0.1) is 25.2 Å². The molecule has 0 bridgehead atoms. The molecule has 1 N–H and O–H groups in total. The maximum atomic E-state index is 13.1. The molecule has 1 aromatic rings. The monoisotopic (exact) mass is 433 g/mol. The average molecular weight is 434 g/mol. The van der Waals surface area contributed by atoms with Gasteiger partial charge in [0.25, 0.3) is 0 Å². The Hall–Kier alpha value is -0.860. The first-order chi connectivity index (χ1) is 14.1. The zero-order chi connectivity index (χ0) is 21.4. The Morgan fingerprint density at radius 1 is 1.30 bits per heavy atom. The molecule has 1 saturated heterocycles. The van der Waals surface area contributed by atoms with E-state index in [0.717, 1.165) is 47.1 Å². The molecule has 2 aliphatic carbocycles. The molecule has 166 valence electrons. The Balaban J connectivity index is 1.33. The number of hydrogen-bond donors (Lipinski definition) is 1. The first-order valence-electron chi connectivity index (χ1n) is 11.3. The summed E-state index contributed by atoms with van der Waals surface area (Å²) in [6, 6.07) is 0.527. The second-order valence-electron chi connectivity index (χ2n) is 10.9. The Labute approximate surface area is 183 Å². The van der Waals surface area contributed by atoms with Crippen LogP contribution in [0.5, 0.6) is 0 Å². The molecular weight excluding hydrogens is 398 g/mol. The van der Waals surface area contributed by atoms with Gasteiger partial charge in [-0.2, -0.15) is 0 Å². The lowest BCUT2D eigenvalue weighted by molar-refractivity contribution is 0.00311. The molecule has 0 spiro atoms. The van der Waals surface area contributed by atoms with Crippen molar-refractivity contribution >= 4 is 17.2 Å². The van der Waals surface area contributed by atoms with E-state index in [1.165, 1.54) is 19.3 Å². The lowest BCUT2D eigenvalue weighted by Crippen LogP contribution is -2.40. The maximum Gasteiger partial charge on any atom is 0.200 e. The van der Waals surface area contributed by atoms with E-state index in [-0.39, 0.29) is 0 Å². The van der Waals surface area contributed by atoms with Crippen molar-refractivity contribution in [1.82, 2.24) is 9.29 Å². The van der Waals surface area contributed by atoms with E-state index in [1.54, 1.807) is 13.8 Å². The third kappa shape index (κ3) is 3.77. The van der Waals surface area contributed by atoms with E-state index in [9.17, 15) is 9.66 Å². The molecule has 0 aromatic carbocycles. The van der Waals surface area contributed by atoms with Crippen molar-refractivity contribution < 1.29 is 14.4 Å². The average Bonchev–Trinajstić information content (AvgIpc) is 3.57. The van der Waals surface area contributed by atoms with Crippen molar-refractivity contribution in [3.63, 3.8) is 0 Å². The highest BCUT2D eigenvalue weighted by Crippen LogP contribution is 2.50. The van der Waals surface area contributed by atoms with Crippen molar-refractivity contribution in [1.29, 1.82) is 0 Å². The highest BCUT2D eigenvalue weighted by molar-refractivity contribution is 7.89. The van der Waals surface area contributed by atoms with Crippen LogP contribution in [0.3, 0.4) is 0 Å². The van der Waals surface area contributed by atoms with Gasteiger partial charge >= 0.3 is 0 Å². The van der Waals surface area contributed by atoms with E-state index in [2.05, 4.69) is 25.7 Å². The number of fused-ring (bicyclic) bond motifs is 2. The number of aliphatic hydroxyl groups is 1. The molecule has 7 heteroatoms. The van der Waals surface area contributed by atoms with Gasteiger partial charge in [0.05, 0.1) is 42.8 Å². The molecule has 0 radical (unpaired) electrons. The van der Waals surface area contributed by atoms with Crippen molar-refractivity contribution in [3.05, 3.63) is 16.8 Å². The second kappa shape index (κ2) is 7.07. The Morgan fingerprint density at radius 2 is 2.03 bits per heavy atom. The van der Waals surface area contributed by atoms with Gasteiger partial charge in [0.1, 0.15) is 11.5 Å². The topological polar surface area (TPSA) is 71.9 Å². The molecule has 4 atom stereocenters. The van der Waals surface area contributed by atoms with Crippen molar-refractivity contribution in [3.8, 4) is 0 Å². The minimum atomic E-state index is -1.25. The van der Waals surface area contributed by atoms with Gasteiger partial charge in [-0.25, -0.2) is 4.98 Å². The SMILES string of the molecule is Cc1c(N2CCC(OCC3(C)CC3)C3CC32)nc2c(c1C)[S+]([O-])N(CC(C)(C)O)C2. The van der Waals surface area contributed by atoms with Crippen LogP contribution in [0.4, 0.5) is 5.82 Å². The lowest BCUT2D eigenvalue weighted by Gasteiger charge is -2.34. The molecule has 0 amide bonds. The van der Waals surface area contributed by atoms with Gasteiger partial charge in [0.15, 0.2) is 4.90 Å². The predicted octanol–water partition coefficient (Wildman–Crippen LogP) is 3.09. The zero-order valence-electron chi connectivity index (χ0n) is 18.9. The van der Waals surface area contributed by atoms with Crippen molar-refractivity contribution in [2.75, 3.05) is 24.6 Å². The quantitative estimate of drug-likeness (QED) is 0.695. The maximum absolute atomic E-state index is 13.1. The van der Waals surface area contributed by atoms with Crippen LogP contribution in [0.25, 0.3) is 0 Å². The van der Waals surface area contributed by atoms with Crippen LogP contribution >= 0.6 is 0 Å². The molecule has 5 rings (SSSR count). The molecular formula is C23H35N3O3S. The predicted molar refractivity (Wildman–Crippen MR) is 118 cm³/mol. The van der Waals surface area contributed by atoms with E-state index >= 15 is 0 Å². The smallest absolute Gasteiger partial charge is 0.200 e. The van der Waals surface area contributed by atoms with Gasteiger partial charge in [-0.05, 0) is 64.4 Å². The number of ether oxygens (including phenoxy) is 1. The van der Waals surface area contributed by atoms with Gasteiger partial charge in [0, 0.05) is 24.1 Å². The van der Waals surface area contributed by atoms with Gasteiger partial charge in [-0.3, -0.25) is 0 Å². The standard InChI is InChI=1S/C23H35N3O3S/c1-14-15(2)21(24-17-11-25(12-22(3,4)27)30(28)20(14)17)26-9-6-19(16-10-18(16)26)29-13-23(5)7-8-23/h16,18-19,27H,6-13H2,1-5H3. The molecule has 2 aliphatic heterocycles. The summed E-state index contributed by atoms with van der Waals surface area (Å²) < 4.78 is 21.2. The fourth-order valence-corrected chi connectivity index (χ4v) is 6.73. The Morgan fingerprint density at radius 3 is 2.70 bits per heavy atom. The third-order valence-corrected chi connectivity index (χ3v) is 9.02. The fraction of sp³-hybridized carbons (Fsp3) is 0.783. The normalized spacial score (nSPS) is 32.2. The number of hydrogen-bond acceptors (Lipinski definition) is 6. The van der Waals surface area contributed by atoms with Crippen LogP contribution in [-0.2, 0) is 22.6 Å². The molecule has 3 fully saturated rings. The minimum absolute atomic E-state index is 0.371. The highest BCUT2D eigenvalue weighted by Gasteiger charge is 2.52. The molecule has 2 saturated carbocycles. The fourth-order valence-electron chi connectivity index (χ4n) is 5.08. The van der Waals surface area contributed by atoms with Crippen LogP contribution < -0.4 is 4.90 Å². The van der Waals surface area contributed by atoms with Crippen molar-refractivity contribution in [2.24, 2.45) is 11.3 Å². The molecule has 6 nitrogen and oxygen atoms in total. The summed E-state index contributed by atoms with van der Waals surface area (Å²) in [5, 5.41) is 10.2. The van der Waals surface area contributed by atoms with Gasteiger partial charge in [-0.1, -0.05) is 6.92 Å². The number of nitrogens with zero attached hydrogens (tertiary/aromatic N) is 3. The minimum Gasteiger partial charge on any atom is -0.593 e.